The van der Waals surface area contributed by atoms with Gasteiger partial charge in [-0.05, 0) is 29.0 Å². The Morgan fingerprint density at radius 2 is 1.64 bits per heavy atom. The van der Waals surface area contributed by atoms with Crippen LogP contribution in [0.2, 0.25) is 0 Å². The van der Waals surface area contributed by atoms with Crippen LogP contribution in [0.5, 0.6) is 0 Å². The summed E-state index contributed by atoms with van der Waals surface area (Å²) in [4.78, 5) is 12.0. The van der Waals surface area contributed by atoms with Crippen molar-refractivity contribution >= 4 is 5.97 Å². The Bertz CT molecular complexity index is 704. The van der Waals surface area contributed by atoms with Gasteiger partial charge in [0.25, 0.3) is 0 Å². The number of hydrogen-bond donors (Lipinski definition) is 0. The Labute approximate surface area is 150 Å². The number of ether oxygens (including phenoxy) is 2. The van der Waals surface area contributed by atoms with Crippen molar-refractivity contribution < 1.29 is 14.3 Å². The van der Waals surface area contributed by atoms with Crippen LogP contribution in [-0.4, -0.2) is 19.2 Å². The van der Waals surface area contributed by atoms with E-state index in [-0.39, 0.29) is 23.2 Å². The summed E-state index contributed by atoms with van der Waals surface area (Å²) in [7, 11) is 0. The van der Waals surface area contributed by atoms with Crippen LogP contribution in [0.25, 0.3) is 11.1 Å². The Morgan fingerprint density at radius 3 is 2.28 bits per heavy atom. The van der Waals surface area contributed by atoms with Crippen molar-refractivity contribution in [1.29, 1.82) is 0 Å². The second-order valence-corrected chi connectivity index (χ2v) is 7.24. The molecule has 0 aromatic heterocycles. The zero-order valence-corrected chi connectivity index (χ0v) is 15.2. The molecule has 0 amide bonds. The normalized spacial score (nSPS) is 20.9. The van der Waals surface area contributed by atoms with Crippen molar-refractivity contribution in [3.63, 3.8) is 0 Å². The van der Waals surface area contributed by atoms with E-state index in [1.807, 2.05) is 25.1 Å². The summed E-state index contributed by atoms with van der Waals surface area (Å²) in [5.74, 6) is 0.122. The summed E-state index contributed by atoms with van der Waals surface area (Å²) in [5.41, 5.74) is 3.54. The number of carbonyl (C=O) groups is 1. The summed E-state index contributed by atoms with van der Waals surface area (Å²) in [6.45, 7) is 7.66. The standard InChI is InChI=1S/C22H26O3/c1-4-25-21(23)20-19(22(20,2)3)15-24-14-16-10-12-18(13-11-16)17-8-6-5-7-9-17/h5-13,19-20H,4,14-15H2,1-3H3. The lowest BCUT2D eigenvalue weighted by Gasteiger charge is -2.07. The van der Waals surface area contributed by atoms with Crippen molar-refractivity contribution in [2.75, 3.05) is 13.2 Å². The first-order valence-corrected chi connectivity index (χ1v) is 8.92. The first kappa shape index (κ1) is 17.7. The lowest BCUT2D eigenvalue weighted by atomic mass is 10.0. The maximum atomic E-state index is 12.0. The SMILES string of the molecule is CCOC(=O)C1C(COCc2ccc(-c3ccccc3)cc2)C1(C)C. The van der Waals surface area contributed by atoms with Crippen LogP contribution in [0.1, 0.15) is 26.3 Å². The fraction of sp³-hybridized carbons (Fsp3) is 0.409. The van der Waals surface area contributed by atoms with E-state index in [4.69, 9.17) is 9.47 Å². The predicted octanol–water partition coefficient (Wildman–Crippen LogP) is 4.71. The minimum Gasteiger partial charge on any atom is -0.466 e. The predicted molar refractivity (Wildman–Crippen MR) is 98.9 cm³/mol. The van der Waals surface area contributed by atoms with E-state index in [1.165, 1.54) is 11.1 Å². The smallest absolute Gasteiger partial charge is 0.309 e. The van der Waals surface area contributed by atoms with Gasteiger partial charge in [0.15, 0.2) is 0 Å². The molecule has 2 aromatic rings. The monoisotopic (exact) mass is 338 g/mol. The molecule has 0 saturated heterocycles. The van der Waals surface area contributed by atoms with Crippen LogP contribution in [0.15, 0.2) is 54.6 Å². The minimum absolute atomic E-state index is 0.0244. The maximum Gasteiger partial charge on any atom is 0.309 e. The van der Waals surface area contributed by atoms with Gasteiger partial charge in [0, 0.05) is 5.92 Å². The molecule has 2 unspecified atom stereocenters. The molecule has 25 heavy (non-hydrogen) atoms. The highest BCUT2D eigenvalue weighted by molar-refractivity contribution is 5.77. The lowest BCUT2D eigenvalue weighted by molar-refractivity contribution is -0.145. The molecule has 0 bridgehead atoms. The van der Waals surface area contributed by atoms with Gasteiger partial charge in [0.05, 0.1) is 25.7 Å². The van der Waals surface area contributed by atoms with E-state index in [2.05, 4.69) is 50.2 Å². The summed E-state index contributed by atoms with van der Waals surface area (Å²) in [5, 5.41) is 0. The summed E-state index contributed by atoms with van der Waals surface area (Å²) >= 11 is 0. The van der Waals surface area contributed by atoms with E-state index in [1.54, 1.807) is 0 Å². The van der Waals surface area contributed by atoms with E-state index < -0.39 is 0 Å². The molecule has 3 rings (SSSR count). The Balaban J connectivity index is 1.51. The van der Waals surface area contributed by atoms with Gasteiger partial charge in [-0.25, -0.2) is 0 Å². The largest absolute Gasteiger partial charge is 0.466 e. The second-order valence-electron chi connectivity index (χ2n) is 7.24. The van der Waals surface area contributed by atoms with Crippen LogP contribution >= 0.6 is 0 Å². The molecule has 1 aliphatic carbocycles. The molecule has 1 aliphatic rings. The van der Waals surface area contributed by atoms with Crippen molar-refractivity contribution in [2.24, 2.45) is 17.3 Å². The molecule has 2 aromatic carbocycles. The van der Waals surface area contributed by atoms with Crippen LogP contribution in [0.3, 0.4) is 0 Å². The molecule has 132 valence electrons. The Hall–Kier alpha value is -2.13. The average molecular weight is 338 g/mol. The topological polar surface area (TPSA) is 35.5 Å². The molecule has 1 saturated carbocycles. The van der Waals surface area contributed by atoms with Gasteiger partial charge in [-0.15, -0.1) is 0 Å². The minimum atomic E-state index is -0.0895. The van der Waals surface area contributed by atoms with Crippen molar-refractivity contribution in [1.82, 2.24) is 0 Å². The molecule has 1 fully saturated rings. The summed E-state index contributed by atoms with van der Waals surface area (Å²) in [6.07, 6.45) is 0. The molecule has 0 radical (unpaired) electrons. The first-order valence-electron chi connectivity index (χ1n) is 8.92. The molecule has 0 heterocycles. The highest BCUT2D eigenvalue weighted by Crippen LogP contribution is 2.58. The first-order chi connectivity index (χ1) is 12.0. The van der Waals surface area contributed by atoms with Gasteiger partial charge in [0.1, 0.15) is 0 Å². The van der Waals surface area contributed by atoms with Crippen LogP contribution in [0.4, 0.5) is 0 Å². The van der Waals surface area contributed by atoms with Gasteiger partial charge >= 0.3 is 5.97 Å². The van der Waals surface area contributed by atoms with Crippen LogP contribution in [-0.2, 0) is 20.9 Å². The second kappa shape index (κ2) is 7.40. The Morgan fingerprint density at radius 1 is 1.00 bits per heavy atom. The van der Waals surface area contributed by atoms with Gasteiger partial charge in [-0.2, -0.15) is 0 Å². The number of esters is 1. The molecule has 0 spiro atoms. The maximum absolute atomic E-state index is 12.0. The number of rotatable bonds is 7. The third-order valence-corrected chi connectivity index (χ3v) is 5.22. The third-order valence-electron chi connectivity index (χ3n) is 5.22. The highest BCUT2D eigenvalue weighted by Gasteiger charge is 2.62. The molecule has 3 heteroatoms. The van der Waals surface area contributed by atoms with Gasteiger partial charge < -0.3 is 9.47 Å². The number of hydrogen-bond acceptors (Lipinski definition) is 3. The number of carbonyl (C=O) groups excluding carboxylic acids is 1. The Kier molecular flexibility index (Phi) is 5.24. The molecular formula is C22H26O3. The average Bonchev–Trinajstić information content (AvgIpc) is 3.17. The molecule has 3 nitrogen and oxygen atoms in total. The molecule has 0 N–H and O–H groups in total. The van der Waals surface area contributed by atoms with E-state index >= 15 is 0 Å². The zero-order valence-electron chi connectivity index (χ0n) is 15.2. The fourth-order valence-electron chi connectivity index (χ4n) is 3.48. The molecular weight excluding hydrogens is 312 g/mol. The third kappa shape index (κ3) is 3.93. The zero-order chi connectivity index (χ0) is 17.9. The number of benzene rings is 2. The van der Waals surface area contributed by atoms with Crippen LogP contribution < -0.4 is 0 Å². The quantitative estimate of drug-likeness (QED) is 0.686. The fourth-order valence-corrected chi connectivity index (χ4v) is 3.48. The van der Waals surface area contributed by atoms with Crippen molar-refractivity contribution in [3.05, 3.63) is 60.2 Å². The lowest BCUT2D eigenvalue weighted by Crippen LogP contribution is -2.10. The van der Waals surface area contributed by atoms with Crippen molar-refractivity contribution in [3.8, 4) is 11.1 Å². The van der Waals surface area contributed by atoms with Gasteiger partial charge in [-0.3, -0.25) is 4.79 Å². The van der Waals surface area contributed by atoms with Gasteiger partial charge in [-0.1, -0.05) is 68.4 Å². The summed E-state index contributed by atoms with van der Waals surface area (Å²) < 4.78 is 11.0. The van der Waals surface area contributed by atoms with E-state index in [0.29, 0.717) is 19.8 Å². The molecule has 0 aliphatic heterocycles. The molecule has 2 atom stereocenters. The summed E-state index contributed by atoms with van der Waals surface area (Å²) in [6, 6.07) is 18.8. The van der Waals surface area contributed by atoms with E-state index in [0.717, 1.165) is 5.56 Å². The van der Waals surface area contributed by atoms with Crippen molar-refractivity contribution in [2.45, 2.75) is 27.4 Å². The van der Waals surface area contributed by atoms with Crippen LogP contribution in [0, 0.1) is 17.3 Å². The highest BCUT2D eigenvalue weighted by atomic mass is 16.5. The van der Waals surface area contributed by atoms with Gasteiger partial charge in [0.2, 0.25) is 0 Å². The van der Waals surface area contributed by atoms with E-state index in [9.17, 15) is 4.79 Å².